The summed E-state index contributed by atoms with van der Waals surface area (Å²) in [6.45, 7) is 0.981. The Hall–Kier alpha value is -0.610. The molecule has 2 unspecified atom stereocenters. The first-order valence-corrected chi connectivity index (χ1v) is 6.13. The van der Waals surface area contributed by atoms with Crippen LogP contribution in [0.2, 0.25) is 0 Å². The van der Waals surface area contributed by atoms with E-state index in [1.807, 2.05) is 11.6 Å². The first-order valence-electron chi connectivity index (χ1n) is 5.25. The molecule has 0 aliphatic heterocycles. The standard InChI is InChI=1S/C10H17N3S/c11-9-4-2-1-3-8(9)7-13-10-12-5-6-14-10/h5-6,8-9H,1-4,7,11H2,(H,12,13). The van der Waals surface area contributed by atoms with Crippen LogP contribution in [0.4, 0.5) is 5.13 Å². The van der Waals surface area contributed by atoms with E-state index in [-0.39, 0.29) is 0 Å². The summed E-state index contributed by atoms with van der Waals surface area (Å²) >= 11 is 1.65. The first kappa shape index (κ1) is 9.93. The minimum atomic E-state index is 0.385. The van der Waals surface area contributed by atoms with Crippen molar-refractivity contribution in [2.75, 3.05) is 11.9 Å². The molecular weight excluding hydrogens is 194 g/mol. The number of hydrogen-bond acceptors (Lipinski definition) is 4. The zero-order valence-electron chi connectivity index (χ0n) is 8.28. The van der Waals surface area contributed by atoms with Crippen LogP contribution in [0.5, 0.6) is 0 Å². The van der Waals surface area contributed by atoms with Gasteiger partial charge in [-0.15, -0.1) is 11.3 Å². The van der Waals surface area contributed by atoms with Crippen LogP contribution < -0.4 is 11.1 Å². The molecule has 2 atom stereocenters. The Kier molecular flexibility index (Phi) is 3.37. The maximum absolute atomic E-state index is 6.06. The van der Waals surface area contributed by atoms with Gasteiger partial charge in [0.05, 0.1) is 0 Å². The maximum atomic E-state index is 6.06. The van der Waals surface area contributed by atoms with Crippen LogP contribution in [-0.4, -0.2) is 17.6 Å². The van der Waals surface area contributed by atoms with Crippen molar-refractivity contribution in [2.24, 2.45) is 11.7 Å². The molecule has 1 aromatic heterocycles. The Bertz CT molecular complexity index is 260. The zero-order valence-corrected chi connectivity index (χ0v) is 9.09. The number of aromatic nitrogens is 1. The highest BCUT2D eigenvalue weighted by atomic mass is 32.1. The molecule has 1 heterocycles. The normalized spacial score (nSPS) is 27.5. The number of thiazole rings is 1. The largest absolute Gasteiger partial charge is 0.361 e. The highest BCUT2D eigenvalue weighted by Crippen LogP contribution is 2.23. The molecule has 3 N–H and O–H groups in total. The fourth-order valence-electron chi connectivity index (χ4n) is 2.02. The van der Waals surface area contributed by atoms with Crippen LogP contribution >= 0.6 is 11.3 Å². The second-order valence-electron chi connectivity index (χ2n) is 3.93. The molecule has 1 aliphatic carbocycles. The highest BCUT2D eigenvalue weighted by Gasteiger charge is 2.21. The molecule has 1 aliphatic rings. The van der Waals surface area contributed by atoms with E-state index in [2.05, 4.69) is 10.3 Å². The summed E-state index contributed by atoms with van der Waals surface area (Å²) < 4.78 is 0. The van der Waals surface area contributed by atoms with Crippen molar-refractivity contribution in [3.05, 3.63) is 11.6 Å². The van der Waals surface area contributed by atoms with Gasteiger partial charge in [-0.25, -0.2) is 4.98 Å². The SMILES string of the molecule is NC1CCCCC1CNc1nccs1. The van der Waals surface area contributed by atoms with Crippen molar-refractivity contribution >= 4 is 16.5 Å². The summed E-state index contributed by atoms with van der Waals surface area (Å²) in [4.78, 5) is 4.19. The molecule has 1 aromatic rings. The molecule has 3 nitrogen and oxygen atoms in total. The van der Waals surface area contributed by atoms with E-state index in [4.69, 9.17) is 5.73 Å². The Morgan fingerprint density at radius 3 is 3.07 bits per heavy atom. The molecular formula is C10H17N3S. The number of nitrogens with one attached hydrogen (secondary N) is 1. The highest BCUT2D eigenvalue weighted by molar-refractivity contribution is 7.13. The number of nitrogens with two attached hydrogens (primary N) is 1. The smallest absolute Gasteiger partial charge is 0.182 e. The van der Waals surface area contributed by atoms with Gasteiger partial charge in [0.2, 0.25) is 0 Å². The molecule has 0 bridgehead atoms. The lowest BCUT2D eigenvalue weighted by Gasteiger charge is -2.28. The first-order chi connectivity index (χ1) is 6.86. The van der Waals surface area contributed by atoms with Crippen LogP contribution in [0.3, 0.4) is 0 Å². The van der Waals surface area contributed by atoms with Crippen LogP contribution in [0.1, 0.15) is 25.7 Å². The molecule has 1 saturated carbocycles. The van der Waals surface area contributed by atoms with Crippen molar-refractivity contribution < 1.29 is 0 Å². The summed E-state index contributed by atoms with van der Waals surface area (Å²) in [5, 5.41) is 6.36. The third-order valence-corrected chi connectivity index (χ3v) is 3.65. The summed E-state index contributed by atoms with van der Waals surface area (Å²) in [5.74, 6) is 0.632. The zero-order chi connectivity index (χ0) is 9.80. The molecule has 1 fully saturated rings. The number of hydrogen-bond donors (Lipinski definition) is 2. The lowest BCUT2D eigenvalue weighted by Crippen LogP contribution is -2.37. The average molecular weight is 211 g/mol. The summed E-state index contributed by atoms with van der Waals surface area (Å²) in [7, 11) is 0. The van der Waals surface area contributed by atoms with Gasteiger partial charge < -0.3 is 11.1 Å². The predicted octanol–water partition coefficient (Wildman–Crippen LogP) is 2.07. The van der Waals surface area contributed by atoms with E-state index in [0.29, 0.717) is 12.0 Å². The Labute approximate surface area is 88.7 Å². The van der Waals surface area contributed by atoms with E-state index in [1.54, 1.807) is 11.3 Å². The topological polar surface area (TPSA) is 50.9 Å². The molecule has 0 amide bonds. The predicted molar refractivity (Wildman–Crippen MR) is 60.5 cm³/mol. The Morgan fingerprint density at radius 2 is 2.36 bits per heavy atom. The number of nitrogens with zero attached hydrogens (tertiary/aromatic N) is 1. The molecule has 4 heteroatoms. The van der Waals surface area contributed by atoms with Crippen molar-refractivity contribution in [3.8, 4) is 0 Å². The third-order valence-electron chi connectivity index (χ3n) is 2.92. The fraction of sp³-hybridized carbons (Fsp3) is 0.700. The minimum Gasteiger partial charge on any atom is -0.361 e. The van der Waals surface area contributed by atoms with Crippen molar-refractivity contribution in [1.29, 1.82) is 0 Å². The van der Waals surface area contributed by atoms with Gasteiger partial charge in [0.25, 0.3) is 0 Å². The molecule has 0 spiro atoms. The number of anilines is 1. The van der Waals surface area contributed by atoms with Gasteiger partial charge in [-0.3, -0.25) is 0 Å². The molecule has 14 heavy (non-hydrogen) atoms. The lowest BCUT2D eigenvalue weighted by molar-refractivity contribution is 0.321. The minimum absolute atomic E-state index is 0.385. The average Bonchev–Trinajstić information content (AvgIpc) is 2.69. The molecule has 78 valence electrons. The van der Waals surface area contributed by atoms with E-state index in [9.17, 15) is 0 Å². The Morgan fingerprint density at radius 1 is 1.50 bits per heavy atom. The monoisotopic (exact) mass is 211 g/mol. The van der Waals surface area contributed by atoms with E-state index in [0.717, 1.165) is 11.7 Å². The molecule has 2 rings (SSSR count). The van der Waals surface area contributed by atoms with Gasteiger partial charge in [0, 0.05) is 24.2 Å². The van der Waals surface area contributed by atoms with Crippen LogP contribution in [0.25, 0.3) is 0 Å². The lowest BCUT2D eigenvalue weighted by atomic mass is 9.85. The van der Waals surface area contributed by atoms with Crippen LogP contribution in [-0.2, 0) is 0 Å². The van der Waals surface area contributed by atoms with Gasteiger partial charge in [-0.1, -0.05) is 12.8 Å². The van der Waals surface area contributed by atoms with Crippen LogP contribution in [0.15, 0.2) is 11.6 Å². The van der Waals surface area contributed by atoms with Crippen molar-refractivity contribution in [2.45, 2.75) is 31.7 Å². The van der Waals surface area contributed by atoms with E-state index < -0.39 is 0 Å². The quantitative estimate of drug-likeness (QED) is 0.804. The van der Waals surface area contributed by atoms with E-state index >= 15 is 0 Å². The molecule has 0 radical (unpaired) electrons. The second-order valence-corrected chi connectivity index (χ2v) is 4.82. The summed E-state index contributed by atoms with van der Waals surface area (Å²) in [5.41, 5.74) is 6.06. The number of rotatable bonds is 3. The third kappa shape index (κ3) is 2.45. The van der Waals surface area contributed by atoms with Gasteiger partial charge in [-0.05, 0) is 18.8 Å². The molecule has 0 saturated heterocycles. The Balaban J connectivity index is 1.79. The maximum Gasteiger partial charge on any atom is 0.182 e. The summed E-state index contributed by atoms with van der Waals surface area (Å²) in [6.07, 6.45) is 6.91. The van der Waals surface area contributed by atoms with Crippen molar-refractivity contribution in [1.82, 2.24) is 4.98 Å². The van der Waals surface area contributed by atoms with Crippen LogP contribution in [0, 0.1) is 5.92 Å². The summed E-state index contributed by atoms with van der Waals surface area (Å²) in [6, 6.07) is 0.385. The second kappa shape index (κ2) is 4.75. The van der Waals surface area contributed by atoms with Crippen molar-refractivity contribution in [3.63, 3.8) is 0 Å². The fourth-order valence-corrected chi connectivity index (χ4v) is 2.56. The van der Waals surface area contributed by atoms with Gasteiger partial charge in [0.1, 0.15) is 0 Å². The van der Waals surface area contributed by atoms with Gasteiger partial charge >= 0.3 is 0 Å². The van der Waals surface area contributed by atoms with Gasteiger partial charge in [0.15, 0.2) is 5.13 Å². The van der Waals surface area contributed by atoms with E-state index in [1.165, 1.54) is 25.7 Å². The molecule has 0 aromatic carbocycles. The van der Waals surface area contributed by atoms with Gasteiger partial charge in [-0.2, -0.15) is 0 Å².